The molecule has 0 saturated heterocycles. The van der Waals surface area contributed by atoms with Gasteiger partial charge in [-0.2, -0.15) is 41.6 Å². The Hall–Kier alpha value is -2.91. The number of hydrogen-bond donors (Lipinski definition) is 0. The van der Waals surface area contributed by atoms with E-state index in [9.17, 15) is 0 Å². The quantitative estimate of drug-likeness (QED) is 0.105. The first kappa shape index (κ1) is 60.3. The third-order valence-electron chi connectivity index (χ3n) is 14.6. The Morgan fingerprint density at radius 1 is 0.486 bits per heavy atom. The van der Waals surface area contributed by atoms with Crippen molar-refractivity contribution in [2.24, 2.45) is 0 Å². The molecular formula is C66H85Cl2Si5Zr-3. The SMILES string of the molecule is CCc1cc2c(-c3cc([Si](C)(C)C)cc([Si](C)(C)C)c3)c(C(C)(C)C)ccc2[cH-]1.CCc1cc2c(-c3cc([Si](C)(C)C)cc([Si](C)(C)C)c3)c(C(C)(C)C)ccc2[cH-]1.[Cl][Zr][Cl].[c-]1cccc2c1[Si]c1ccccc1-2. The summed E-state index contributed by atoms with van der Waals surface area (Å²) in [6.45, 7) is 48.3. The predicted molar refractivity (Wildman–Crippen MR) is 345 cm³/mol. The molecule has 2 radical (unpaired) electrons. The monoisotopic (exact) mass is 1180 g/mol. The van der Waals surface area contributed by atoms with Gasteiger partial charge < -0.3 is 0 Å². The van der Waals surface area contributed by atoms with Crippen LogP contribution in [-0.2, 0) is 44.5 Å². The molecule has 0 fully saturated rings. The Kier molecular flexibility index (Phi) is 19.2. The van der Waals surface area contributed by atoms with E-state index in [1.54, 1.807) is 20.7 Å². The first-order chi connectivity index (χ1) is 34.3. The van der Waals surface area contributed by atoms with Crippen molar-refractivity contribution in [3.63, 3.8) is 0 Å². The second-order valence-corrected chi connectivity index (χ2v) is 52.0. The van der Waals surface area contributed by atoms with E-state index in [-0.39, 0.29) is 10.8 Å². The zero-order valence-electron chi connectivity index (χ0n) is 48.8. The van der Waals surface area contributed by atoms with Crippen molar-refractivity contribution in [2.45, 2.75) is 158 Å². The molecule has 0 saturated carbocycles. The zero-order valence-corrected chi connectivity index (χ0v) is 57.8. The van der Waals surface area contributed by atoms with E-state index in [0.717, 1.165) is 22.4 Å². The van der Waals surface area contributed by atoms with Crippen molar-refractivity contribution in [1.82, 2.24) is 0 Å². The van der Waals surface area contributed by atoms with Crippen LogP contribution in [0.1, 0.15) is 77.6 Å². The van der Waals surface area contributed by atoms with Crippen molar-refractivity contribution < 1.29 is 20.8 Å². The molecule has 0 aromatic heterocycles. The maximum absolute atomic E-state index is 4.93. The standard InChI is InChI=1S/2C27H39Si2.C12H7Si.2ClH.Zr/c2*1-11-19-14-20-12-13-25(27(2,3)4)26(24(20)15-19)21-16-22(28(5,6)7)18-23(17-21)29(8,9)10;1-3-7-11-9(5-1)10-6-2-4-8-12(10)13-11;;;/h2*12-18H,11H2,1-10H3;1-7H;2*1H;/q3*-1;;;+2/p-2. The molecule has 1 aliphatic heterocycles. The van der Waals surface area contributed by atoms with E-state index in [1.807, 2.05) is 6.07 Å². The van der Waals surface area contributed by atoms with Crippen molar-refractivity contribution >= 4 is 112 Å². The molecule has 0 atom stereocenters. The number of fused-ring (bicyclic) bond motifs is 5. The fourth-order valence-electron chi connectivity index (χ4n) is 9.97. The average molecular weight is 1180 g/mol. The third-order valence-corrected chi connectivity index (χ3v) is 24.0. The van der Waals surface area contributed by atoms with Crippen LogP contribution in [0.5, 0.6) is 0 Å². The van der Waals surface area contributed by atoms with Gasteiger partial charge in [-0.1, -0.05) is 248 Å². The fourth-order valence-corrected chi connectivity index (χ4v) is 16.3. The van der Waals surface area contributed by atoms with Crippen LogP contribution >= 0.6 is 17.0 Å². The summed E-state index contributed by atoms with van der Waals surface area (Å²) in [6.07, 6.45) is 2.18. The van der Waals surface area contributed by atoms with E-state index in [0.29, 0.717) is 0 Å². The molecule has 8 heteroatoms. The molecule has 74 heavy (non-hydrogen) atoms. The summed E-state index contributed by atoms with van der Waals surface area (Å²) >= 11 is -0.826. The Bertz CT molecular complexity index is 2940. The first-order valence-electron chi connectivity index (χ1n) is 26.9. The van der Waals surface area contributed by atoms with Gasteiger partial charge in [0, 0.05) is 0 Å². The van der Waals surface area contributed by atoms with Gasteiger partial charge in [-0.25, -0.2) is 0 Å². The van der Waals surface area contributed by atoms with Crippen LogP contribution in [0.3, 0.4) is 0 Å². The summed E-state index contributed by atoms with van der Waals surface area (Å²) < 4.78 is 0. The van der Waals surface area contributed by atoms with E-state index in [2.05, 4.69) is 261 Å². The van der Waals surface area contributed by atoms with E-state index in [4.69, 9.17) is 17.0 Å². The zero-order chi connectivity index (χ0) is 54.9. The van der Waals surface area contributed by atoms with Gasteiger partial charge in [-0.3, -0.25) is 0 Å². The minimum Gasteiger partial charge on any atom is -0.184 e. The molecule has 1 aliphatic rings. The Labute approximate surface area is 474 Å². The maximum atomic E-state index is 4.93. The molecule has 0 unspecified atom stereocenters. The van der Waals surface area contributed by atoms with E-state index >= 15 is 0 Å². The van der Waals surface area contributed by atoms with Crippen LogP contribution in [0.15, 0.2) is 127 Å². The molecule has 1 heterocycles. The summed E-state index contributed by atoms with van der Waals surface area (Å²) in [7, 11) is 4.99. The van der Waals surface area contributed by atoms with Crippen molar-refractivity contribution in [3.8, 4) is 33.4 Å². The Morgan fingerprint density at radius 2 is 0.851 bits per heavy atom. The summed E-state index contributed by atoms with van der Waals surface area (Å²) in [5.74, 6) is 0. The van der Waals surface area contributed by atoms with Crippen molar-refractivity contribution in [1.29, 1.82) is 0 Å². The topological polar surface area (TPSA) is 0 Å². The molecule has 9 rings (SSSR count). The average Bonchev–Trinajstić information content (AvgIpc) is 4.05. The molecule has 0 aliphatic carbocycles. The minimum absolute atomic E-state index is 0.113. The minimum atomic E-state index is -1.42. The largest absolute Gasteiger partial charge is 0.184 e. The van der Waals surface area contributed by atoms with Gasteiger partial charge in [-0.05, 0) is 34.8 Å². The second kappa shape index (κ2) is 23.6. The molecule has 8 aromatic rings. The molecule has 0 nitrogen and oxygen atoms in total. The third kappa shape index (κ3) is 14.4. The van der Waals surface area contributed by atoms with Crippen LogP contribution in [0.4, 0.5) is 0 Å². The Morgan fingerprint density at radius 3 is 1.20 bits per heavy atom. The van der Waals surface area contributed by atoms with Gasteiger partial charge >= 0.3 is 37.9 Å². The van der Waals surface area contributed by atoms with E-state index in [1.165, 1.54) is 87.6 Å². The smallest absolute Gasteiger partial charge is 0.0920 e. The van der Waals surface area contributed by atoms with Crippen molar-refractivity contribution in [3.05, 3.63) is 156 Å². The van der Waals surface area contributed by atoms with Crippen molar-refractivity contribution in [2.75, 3.05) is 0 Å². The fraction of sp³-hybridized carbons (Fsp3) is 0.364. The molecular weight excluding hydrogens is 1100 g/mol. The molecule has 0 bridgehead atoms. The molecule has 0 N–H and O–H groups in total. The van der Waals surface area contributed by atoms with Crippen LogP contribution in [0, 0.1) is 6.07 Å². The predicted octanol–water partition coefficient (Wildman–Crippen LogP) is 16.9. The second-order valence-electron chi connectivity index (χ2n) is 26.7. The maximum Gasteiger partial charge on any atom is 0.0920 e. The number of halogens is 2. The van der Waals surface area contributed by atoms with Gasteiger partial charge in [0.15, 0.2) is 0 Å². The molecule has 0 amide bonds. The van der Waals surface area contributed by atoms with Gasteiger partial charge in [0.05, 0.1) is 41.8 Å². The van der Waals surface area contributed by atoms with Gasteiger partial charge in [0.2, 0.25) is 0 Å². The van der Waals surface area contributed by atoms with Gasteiger partial charge in [0.1, 0.15) is 0 Å². The Balaban J connectivity index is 0.000000186. The summed E-state index contributed by atoms with van der Waals surface area (Å²) in [4.78, 5) is 0. The van der Waals surface area contributed by atoms with Gasteiger partial charge in [-0.15, -0.1) is 74.6 Å². The number of hydrogen-bond acceptors (Lipinski definition) is 0. The summed E-state index contributed by atoms with van der Waals surface area (Å²) in [5, 5.41) is 14.8. The summed E-state index contributed by atoms with van der Waals surface area (Å²) in [5.41, 5.74) is 14.6. The molecule has 0 spiro atoms. The summed E-state index contributed by atoms with van der Waals surface area (Å²) in [6, 6.07) is 52.4. The van der Waals surface area contributed by atoms with E-state index < -0.39 is 53.1 Å². The number of benzene rings is 6. The first-order valence-corrected chi connectivity index (χ1v) is 48.2. The number of rotatable bonds is 8. The van der Waals surface area contributed by atoms with Crippen LogP contribution in [0.2, 0.25) is 78.6 Å². The molecule has 390 valence electrons. The van der Waals surface area contributed by atoms with Crippen LogP contribution in [-0.4, -0.2) is 41.8 Å². The van der Waals surface area contributed by atoms with Crippen LogP contribution in [0.25, 0.3) is 54.9 Å². The van der Waals surface area contributed by atoms with Gasteiger partial charge in [0.25, 0.3) is 0 Å². The molecule has 8 aromatic carbocycles. The number of aryl methyl sites for hydroxylation is 2. The normalized spacial score (nSPS) is 12.8. The van der Waals surface area contributed by atoms with Crippen LogP contribution < -0.4 is 31.1 Å².